The molecule has 1 atom stereocenters. The van der Waals surface area contributed by atoms with Crippen molar-refractivity contribution < 1.29 is 23.3 Å². The van der Waals surface area contributed by atoms with Crippen molar-refractivity contribution in [2.24, 2.45) is 0 Å². The summed E-state index contributed by atoms with van der Waals surface area (Å²) in [6.07, 6.45) is 0. The molecule has 0 bridgehead atoms. The lowest BCUT2D eigenvalue weighted by Gasteiger charge is -2.09. The molecule has 0 aliphatic rings. The number of carbonyl (C=O) groups is 3. The van der Waals surface area contributed by atoms with Crippen molar-refractivity contribution in [3.63, 3.8) is 0 Å². The Labute approximate surface area is 154 Å². The van der Waals surface area contributed by atoms with Crippen molar-refractivity contribution in [2.75, 3.05) is 17.7 Å². The van der Waals surface area contributed by atoms with Gasteiger partial charge in [-0.05, 0) is 43.3 Å². The summed E-state index contributed by atoms with van der Waals surface area (Å²) in [5.74, 6) is -0.909. The molecule has 2 aromatic carbocycles. The molecule has 136 valence electrons. The normalized spacial score (nSPS) is 11.5. The maximum absolute atomic E-state index is 12.2. The Hall–Kier alpha value is -2.80. The zero-order valence-electron chi connectivity index (χ0n) is 14.5. The summed E-state index contributed by atoms with van der Waals surface area (Å²) in [6, 6.07) is 12.8. The van der Waals surface area contributed by atoms with E-state index in [1.54, 1.807) is 49.4 Å². The quantitative estimate of drug-likeness (QED) is 0.595. The third-order valence-electron chi connectivity index (χ3n) is 3.52. The summed E-state index contributed by atoms with van der Waals surface area (Å²) in [5, 5.41) is 2.58. The molecule has 1 amide bonds. The van der Waals surface area contributed by atoms with Gasteiger partial charge in [0.2, 0.25) is 0 Å². The fourth-order valence-corrected chi connectivity index (χ4v) is 3.12. The summed E-state index contributed by atoms with van der Waals surface area (Å²) in [5.41, 5.74) is 1.21. The number of benzene rings is 2. The number of hydrogen-bond donors (Lipinski definition) is 1. The van der Waals surface area contributed by atoms with E-state index in [1.165, 1.54) is 13.0 Å². The Morgan fingerprint density at radius 3 is 2.31 bits per heavy atom. The minimum atomic E-state index is -1.30. The van der Waals surface area contributed by atoms with Crippen molar-refractivity contribution in [1.29, 1.82) is 0 Å². The average Bonchev–Trinajstić information content (AvgIpc) is 2.65. The van der Waals surface area contributed by atoms with Gasteiger partial charge in [0.05, 0.1) is 21.3 Å². The van der Waals surface area contributed by atoms with E-state index in [1.807, 2.05) is 0 Å². The molecular weight excluding hydrogens is 354 g/mol. The van der Waals surface area contributed by atoms with Gasteiger partial charge in [0.25, 0.3) is 5.91 Å². The molecule has 0 aliphatic heterocycles. The van der Waals surface area contributed by atoms with E-state index in [9.17, 15) is 18.6 Å². The fraction of sp³-hybridized carbons (Fsp3) is 0.211. The van der Waals surface area contributed by atoms with Crippen molar-refractivity contribution in [1.82, 2.24) is 0 Å². The molecule has 0 heterocycles. The number of Topliss-reactive ketones (excluding diaryl/α,β-unsaturated/α-hetero) is 1. The van der Waals surface area contributed by atoms with Crippen LogP contribution in [0, 0.1) is 0 Å². The number of rotatable bonds is 7. The third-order valence-corrected chi connectivity index (χ3v) is 4.89. The highest BCUT2D eigenvalue weighted by Gasteiger charge is 2.17. The molecule has 0 aliphatic carbocycles. The Morgan fingerprint density at radius 1 is 1.04 bits per heavy atom. The summed E-state index contributed by atoms with van der Waals surface area (Å²) < 4.78 is 17.0. The molecule has 2 rings (SSSR count). The van der Waals surface area contributed by atoms with Crippen LogP contribution in [0.25, 0.3) is 0 Å². The smallest absolute Gasteiger partial charge is 0.339 e. The van der Waals surface area contributed by atoms with Gasteiger partial charge >= 0.3 is 5.97 Å². The van der Waals surface area contributed by atoms with E-state index in [2.05, 4.69) is 5.32 Å². The van der Waals surface area contributed by atoms with Crippen LogP contribution in [0.5, 0.6) is 0 Å². The maximum Gasteiger partial charge on any atom is 0.339 e. The average molecular weight is 373 g/mol. The number of amides is 1. The third kappa shape index (κ3) is 5.10. The molecule has 0 unspecified atom stereocenters. The second-order valence-corrected chi connectivity index (χ2v) is 7.10. The van der Waals surface area contributed by atoms with Gasteiger partial charge in [-0.1, -0.05) is 19.1 Å². The topological polar surface area (TPSA) is 89.5 Å². The Bertz CT molecular complexity index is 845. The lowest BCUT2D eigenvalue weighted by Crippen LogP contribution is -2.21. The first-order valence-corrected chi connectivity index (χ1v) is 9.29. The van der Waals surface area contributed by atoms with Crippen molar-refractivity contribution in [2.45, 2.75) is 18.7 Å². The number of esters is 1. The highest BCUT2D eigenvalue weighted by atomic mass is 32.2. The zero-order valence-corrected chi connectivity index (χ0v) is 15.3. The predicted octanol–water partition coefficient (Wildman–Crippen LogP) is 2.81. The molecule has 2 aromatic rings. The van der Waals surface area contributed by atoms with Gasteiger partial charge in [-0.2, -0.15) is 0 Å². The summed E-state index contributed by atoms with van der Waals surface area (Å²) >= 11 is 0. The summed E-state index contributed by atoms with van der Waals surface area (Å²) in [7, 11) is -1.30. The highest BCUT2D eigenvalue weighted by molar-refractivity contribution is 7.85. The van der Waals surface area contributed by atoms with Crippen molar-refractivity contribution in [3.8, 4) is 0 Å². The fourth-order valence-electron chi connectivity index (χ4n) is 2.18. The first-order chi connectivity index (χ1) is 12.4. The van der Waals surface area contributed by atoms with Gasteiger partial charge in [0.15, 0.2) is 12.4 Å². The van der Waals surface area contributed by atoms with Crippen LogP contribution in [0.4, 0.5) is 5.69 Å². The first-order valence-electron chi connectivity index (χ1n) is 7.97. The van der Waals surface area contributed by atoms with Gasteiger partial charge in [-0.15, -0.1) is 0 Å². The molecule has 0 radical (unpaired) electrons. The van der Waals surface area contributed by atoms with Crippen molar-refractivity contribution >= 4 is 34.1 Å². The number of hydrogen-bond acceptors (Lipinski definition) is 5. The largest absolute Gasteiger partial charge is 0.452 e. The van der Waals surface area contributed by atoms with E-state index in [0.29, 0.717) is 21.9 Å². The lowest BCUT2D eigenvalue weighted by molar-refractivity contribution is -0.119. The maximum atomic E-state index is 12.2. The molecule has 6 nitrogen and oxygen atoms in total. The molecular formula is C19H19NO5S. The van der Waals surface area contributed by atoms with Crippen LogP contribution in [0.2, 0.25) is 0 Å². The van der Waals surface area contributed by atoms with Crippen LogP contribution in [-0.4, -0.2) is 34.2 Å². The van der Waals surface area contributed by atoms with Gasteiger partial charge < -0.3 is 10.1 Å². The van der Waals surface area contributed by atoms with Crippen LogP contribution >= 0.6 is 0 Å². The molecule has 0 fully saturated rings. The van der Waals surface area contributed by atoms with Crippen LogP contribution in [-0.2, 0) is 20.3 Å². The Balaban J connectivity index is 1.96. The second kappa shape index (κ2) is 9.05. The lowest BCUT2D eigenvalue weighted by atomic mass is 10.1. The van der Waals surface area contributed by atoms with Gasteiger partial charge in [0.1, 0.15) is 0 Å². The standard InChI is InChI=1S/C19H19NO5S/c1-3-26(24)17-7-5-4-6-16(17)19(23)25-12-18(22)20-15-10-8-14(9-11-15)13(2)21/h4-11H,3,12H2,1-2H3,(H,20,22)/t26-/m0/s1. The molecule has 0 aromatic heterocycles. The van der Waals surface area contributed by atoms with Crippen LogP contribution < -0.4 is 5.32 Å². The second-order valence-electron chi connectivity index (χ2n) is 5.39. The Kier molecular flexibility index (Phi) is 6.80. The van der Waals surface area contributed by atoms with E-state index in [0.717, 1.165) is 0 Å². The molecule has 0 spiro atoms. The summed E-state index contributed by atoms with van der Waals surface area (Å²) in [6.45, 7) is 2.74. The molecule has 26 heavy (non-hydrogen) atoms. The van der Waals surface area contributed by atoms with Crippen LogP contribution in [0.1, 0.15) is 34.6 Å². The monoisotopic (exact) mass is 373 g/mol. The van der Waals surface area contributed by atoms with E-state index in [-0.39, 0.29) is 11.3 Å². The number of anilines is 1. The van der Waals surface area contributed by atoms with Gasteiger partial charge in [-0.25, -0.2) is 4.79 Å². The van der Waals surface area contributed by atoms with Crippen molar-refractivity contribution in [3.05, 3.63) is 59.7 Å². The van der Waals surface area contributed by atoms with Gasteiger partial charge in [-0.3, -0.25) is 13.8 Å². The molecule has 0 saturated heterocycles. The SMILES string of the molecule is CC[S@](=O)c1ccccc1C(=O)OCC(=O)Nc1ccc(C(C)=O)cc1. The Morgan fingerprint density at radius 2 is 1.69 bits per heavy atom. The first kappa shape index (κ1) is 19.5. The number of ketones is 1. The minimum absolute atomic E-state index is 0.0695. The molecule has 0 saturated carbocycles. The predicted molar refractivity (Wildman–Crippen MR) is 98.8 cm³/mol. The van der Waals surface area contributed by atoms with Crippen LogP contribution in [0.15, 0.2) is 53.4 Å². The van der Waals surface area contributed by atoms with Crippen LogP contribution in [0.3, 0.4) is 0 Å². The highest BCUT2D eigenvalue weighted by Crippen LogP contribution is 2.15. The molecule has 7 heteroatoms. The number of nitrogens with one attached hydrogen (secondary N) is 1. The minimum Gasteiger partial charge on any atom is -0.452 e. The zero-order chi connectivity index (χ0) is 19.1. The summed E-state index contributed by atoms with van der Waals surface area (Å²) in [4.78, 5) is 35.7. The van der Waals surface area contributed by atoms with E-state index < -0.39 is 29.3 Å². The van der Waals surface area contributed by atoms with E-state index in [4.69, 9.17) is 4.74 Å². The van der Waals surface area contributed by atoms with Gasteiger partial charge in [0, 0.05) is 17.0 Å². The van der Waals surface area contributed by atoms with E-state index >= 15 is 0 Å². The number of ether oxygens (including phenoxy) is 1. The molecule has 1 N–H and O–H groups in total. The number of carbonyl (C=O) groups excluding carboxylic acids is 3.